The van der Waals surface area contributed by atoms with Gasteiger partial charge in [-0.05, 0) is 55.0 Å². The molecule has 3 aromatic heterocycles. The molecule has 0 spiro atoms. The van der Waals surface area contributed by atoms with Crippen LogP contribution in [-0.4, -0.2) is 48.0 Å². The fraction of sp³-hybridized carbons (Fsp3) is 0.344. The molecule has 232 valence electrons. The van der Waals surface area contributed by atoms with Gasteiger partial charge < -0.3 is 15.3 Å². The lowest BCUT2D eigenvalue weighted by Gasteiger charge is -2.38. The van der Waals surface area contributed by atoms with Crippen molar-refractivity contribution < 1.29 is 9.52 Å². The van der Waals surface area contributed by atoms with E-state index in [4.69, 9.17) is 21.8 Å². The standard InChI is InChI=1S/C32H33ClN6O3.2ClH/c1-37-29(21-6-8-24(9-7-21)32(34)10-11-32)27-28(36-37)30(40)39(20-35-27)19-31(41)12-14-38(15-13-31)18-23-5-4-22(17-25(23)33)26-3-2-16-42-26;;/h2-9,16-17,20,41H,10-15,18-19,34H2,1H3;2*1H. The number of likely N-dealkylation sites (tertiary alicyclic amines) is 1. The van der Waals surface area contributed by atoms with Gasteiger partial charge in [-0.1, -0.05) is 48.0 Å². The molecule has 0 atom stereocenters. The molecule has 44 heavy (non-hydrogen) atoms. The summed E-state index contributed by atoms with van der Waals surface area (Å²) in [6, 6.07) is 17.9. The first kappa shape index (κ1) is 32.2. The van der Waals surface area contributed by atoms with E-state index in [0.717, 1.165) is 46.5 Å². The van der Waals surface area contributed by atoms with Crippen LogP contribution in [0.15, 0.2) is 76.4 Å². The summed E-state index contributed by atoms with van der Waals surface area (Å²) in [6.45, 7) is 2.22. The Balaban J connectivity index is 0.00000192. The summed E-state index contributed by atoms with van der Waals surface area (Å²) in [5, 5.41) is 16.7. The van der Waals surface area contributed by atoms with Crippen molar-refractivity contribution in [2.45, 2.75) is 49.9 Å². The normalized spacial score (nSPS) is 17.2. The lowest BCUT2D eigenvalue weighted by Crippen LogP contribution is -2.47. The lowest BCUT2D eigenvalue weighted by atomic mass is 9.91. The van der Waals surface area contributed by atoms with Gasteiger partial charge in [0.15, 0.2) is 5.52 Å². The van der Waals surface area contributed by atoms with Crippen molar-refractivity contribution in [2.24, 2.45) is 12.8 Å². The Morgan fingerprint density at radius 1 is 1.00 bits per heavy atom. The second kappa shape index (κ2) is 12.3. The zero-order valence-electron chi connectivity index (χ0n) is 24.3. The van der Waals surface area contributed by atoms with Crippen LogP contribution in [0.2, 0.25) is 5.02 Å². The van der Waals surface area contributed by atoms with Crippen LogP contribution in [-0.2, 0) is 25.7 Å². The Morgan fingerprint density at radius 3 is 2.34 bits per heavy atom. The molecule has 0 radical (unpaired) electrons. The molecule has 3 N–H and O–H groups in total. The van der Waals surface area contributed by atoms with Gasteiger partial charge in [-0.25, -0.2) is 4.98 Å². The summed E-state index contributed by atoms with van der Waals surface area (Å²) < 4.78 is 8.67. The molecule has 7 rings (SSSR count). The Morgan fingerprint density at radius 2 is 1.70 bits per heavy atom. The number of benzene rings is 2. The van der Waals surface area contributed by atoms with Gasteiger partial charge in [-0.3, -0.25) is 18.9 Å². The second-order valence-corrected chi connectivity index (χ2v) is 12.3. The summed E-state index contributed by atoms with van der Waals surface area (Å²) in [4.78, 5) is 20.4. The third kappa shape index (κ3) is 6.05. The first-order valence-electron chi connectivity index (χ1n) is 14.3. The van der Waals surface area contributed by atoms with Crippen molar-refractivity contribution in [3.8, 4) is 22.6 Å². The predicted molar refractivity (Wildman–Crippen MR) is 176 cm³/mol. The number of aromatic nitrogens is 4. The van der Waals surface area contributed by atoms with Crippen LogP contribution in [0.3, 0.4) is 0 Å². The number of nitrogens with two attached hydrogens (primary N) is 1. The van der Waals surface area contributed by atoms with E-state index in [1.165, 1.54) is 10.9 Å². The molecule has 1 saturated carbocycles. The van der Waals surface area contributed by atoms with Gasteiger partial charge in [0.05, 0.1) is 30.4 Å². The van der Waals surface area contributed by atoms with Crippen LogP contribution in [0.4, 0.5) is 0 Å². The van der Waals surface area contributed by atoms with Crippen LogP contribution in [0.5, 0.6) is 0 Å². The zero-order chi connectivity index (χ0) is 29.1. The SMILES string of the molecule is Cl.Cl.Cn1nc2c(=O)n(CC3(O)CCN(Cc4ccc(-c5ccco5)cc4Cl)CC3)cnc2c1-c1ccc(C2(N)CC2)cc1. The van der Waals surface area contributed by atoms with E-state index < -0.39 is 5.60 Å². The number of fused-ring (bicyclic) bond motifs is 1. The molecule has 12 heteroatoms. The zero-order valence-corrected chi connectivity index (χ0v) is 26.7. The van der Waals surface area contributed by atoms with Gasteiger partial charge >= 0.3 is 0 Å². The highest BCUT2D eigenvalue weighted by molar-refractivity contribution is 6.31. The predicted octanol–water partition coefficient (Wildman–Crippen LogP) is 5.53. The minimum atomic E-state index is -1.02. The van der Waals surface area contributed by atoms with Gasteiger partial charge in [0.25, 0.3) is 5.56 Å². The van der Waals surface area contributed by atoms with Gasteiger partial charge in [-0.2, -0.15) is 5.10 Å². The number of aliphatic hydroxyl groups is 1. The highest BCUT2D eigenvalue weighted by Crippen LogP contribution is 2.43. The monoisotopic (exact) mass is 656 g/mol. The van der Waals surface area contributed by atoms with Crippen molar-refractivity contribution in [2.75, 3.05) is 13.1 Å². The van der Waals surface area contributed by atoms with Crippen LogP contribution in [0, 0.1) is 0 Å². The smallest absolute Gasteiger partial charge is 0.281 e. The second-order valence-electron chi connectivity index (χ2n) is 11.9. The molecule has 1 aliphatic heterocycles. The van der Waals surface area contributed by atoms with Crippen LogP contribution < -0.4 is 11.3 Å². The Hall–Kier alpha value is -3.18. The van der Waals surface area contributed by atoms with E-state index in [2.05, 4.69) is 15.0 Å². The number of nitrogens with zero attached hydrogens (tertiary/aromatic N) is 5. The Labute approximate surface area is 272 Å². The lowest BCUT2D eigenvalue weighted by molar-refractivity contribution is -0.0364. The fourth-order valence-electron chi connectivity index (χ4n) is 6.03. The fourth-order valence-corrected chi connectivity index (χ4v) is 6.27. The van der Waals surface area contributed by atoms with Gasteiger partial charge in [0, 0.05) is 48.4 Å². The first-order chi connectivity index (χ1) is 20.2. The van der Waals surface area contributed by atoms with Crippen molar-refractivity contribution in [3.05, 3.63) is 93.7 Å². The molecule has 1 saturated heterocycles. The van der Waals surface area contributed by atoms with Gasteiger partial charge in [0.2, 0.25) is 0 Å². The average molecular weight is 658 g/mol. The summed E-state index contributed by atoms with van der Waals surface area (Å²) in [7, 11) is 1.82. The molecule has 2 aromatic carbocycles. The molecule has 2 aliphatic rings. The summed E-state index contributed by atoms with van der Waals surface area (Å²) in [5.41, 5.74) is 10.5. The Kier molecular flexibility index (Phi) is 9.01. The molecule has 0 bridgehead atoms. The quantitative estimate of drug-likeness (QED) is 0.237. The van der Waals surface area contributed by atoms with E-state index in [9.17, 15) is 9.90 Å². The highest BCUT2D eigenvalue weighted by atomic mass is 35.5. The molecule has 2 fully saturated rings. The number of hydrogen-bond donors (Lipinski definition) is 2. The van der Waals surface area contributed by atoms with Crippen molar-refractivity contribution in [3.63, 3.8) is 0 Å². The van der Waals surface area contributed by atoms with Crippen molar-refractivity contribution >= 4 is 47.4 Å². The highest BCUT2D eigenvalue weighted by Gasteiger charge is 2.40. The van der Waals surface area contributed by atoms with Crippen LogP contribution >= 0.6 is 36.4 Å². The van der Waals surface area contributed by atoms with E-state index in [0.29, 0.717) is 48.5 Å². The summed E-state index contributed by atoms with van der Waals surface area (Å²) >= 11 is 6.60. The topological polar surface area (TPSA) is 115 Å². The average Bonchev–Trinajstić information content (AvgIpc) is 3.36. The van der Waals surface area contributed by atoms with Gasteiger partial charge in [0.1, 0.15) is 11.3 Å². The molecule has 1 aliphatic carbocycles. The van der Waals surface area contributed by atoms with Crippen LogP contribution in [0.1, 0.15) is 36.8 Å². The number of hydrogen-bond acceptors (Lipinski definition) is 7. The first-order valence-corrected chi connectivity index (χ1v) is 14.7. The number of rotatable bonds is 7. The number of furan rings is 1. The van der Waals surface area contributed by atoms with Crippen molar-refractivity contribution in [1.29, 1.82) is 0 Å². The molecule has 0 amide bonds. The summed E-state index contributed by atoms with van der Waals surface area (Å²) in [5.74, 6) is 0.781. The number of piperidine rings is 1. The number of halogens is 3. The third-order valence-electron chi connectivity index (χ3n) is 8.84. The third-order valence-corrected chi connectivity index (χ3v) is 9.19. The number of aryl methyl sites for hydroxylation is 1. The molecule has 0 unspecified atom stereocenters. The van der Waals surface area contributed by atoms with E-state index in [1.807, 2.05) is 61.6 Å². The van der Waals surface area contributed by atoms with E-state index in [1.54, 1.807) is 10.9 Å². The maximum absolute atomic E-state index is 13.5. The molecule has 5 aromatic rings. The van der Waals surface area contributed by atoms with E-state index in [-0.39, 0.29) is 42.5 Å². The minimum absolute atomic E-state index is 0. The maximum Gasteiger partial charge on any atom is 0.281 e. The molecular weight excluding hydrogens is 623 g/mol. The Bertz CT molecular complexity index is 1820. The van der Waals surface area contributed by atoms with Gasteiger partial charge in [-0.15, -0.1) is 24.8 Å². The largest absolute Gasteiger partial charge is 0.464 e. The molecule has 4 heterocycles. The van der Waals surface area contributed by atoms with Crippen molar-refractivity contribution in [1.82, 2.24) is 24.2 Å². The minimum Gasteiger partial charge on any atom is -0.464 e. The van der Waals surface area contributed by atoms with Crippen LogP contribution in [0.25, 0.3) is 33.6 Å². The summed E-state index contributed by atoms with van der Waals surface area (Å²) in [6.07, 6.45) is 6.24. The molecular formula is C32H35Cl3N6O3. The maximum atomic E-state index is 13.5. The van der Waals surface area contributed by atoms with E-state index >= 15 is 0 Å². The molecule has 9 nitrogen and oxygen atoms in total.